The Morgan fingerprint density at radius 3 is 2.81 bits per heavy atom. The van der Waals surface area contributed by atoms with Crippen molar-refractivity contribution in [3.63, 3.8) is 0 Å². The number of pyridine rings is 1. The van der Waals surface area contributed by atoms with Crippen molar-refractivity contribution in [1.82, 2.24) is 19.6 Å². The van der Waals surface area contributed by atoms with Crippen molar-refractivity contribution in [2.75, 3.05) is 14.2 Å². The Labute approximate surface area is 158 Å². The van der Waals surface area contributed by atoms with Crippen LogP contribution in [0, 0.1) is 0 Å². The Kier molecular flexibility index (Phi) is 4.77. The molecule has 0 aliphatic heterocycles. The van der Waals surface area contributed by atoms with E-state index in [1.54, 1.807) is 37.3 Å². The van der Waals surface area contributed by atoms with Gasteiger partial charge in [0.25, 0.3) is 0 Å². The molecule has 6 nitrogen and oxygen atoms in total. The van der Waals surface area contributed by atoms with Crippen LogP contribution in [0.15, 0.2) is 53.1 Å². The predicted molar refractivity (Wildman–Crippen MR) is 103 cm³/mol. The summed E-state index contributed by atoms with van der Waals surface area (Å²) in [6.07, 6.45) is 1.97. The van der Waals surface area contributed by atoms with Crippen molar-refractivity contribution in [2.24, 2.45) is 0 Å². The van der Waals surface area contributed by atoms with Gasteiger partial charge in [-0.3, -0.25) is 4.40 Å². The summed E-state index contributed by atoms with van der Waals surface area (Å²) in [4.78, 5) is 4.73. The molecule has 0 bridgehead atoms. The van der Waals surface area contributed by atoms with Crippen LogP contribution in [0.1, 0.15) is 5.69 Å². The largest absolute Gasteiger partial charge is 0.493 e. The van der Waals surface area contributed by atoms with Crippen LogP contribution in [0.5, 0.6) is 11.5 Å². The first-order valence-corrected chi connectivity index (χ1v) is 9.74. The molecule has 4 rings (SSSR count). The minimum Gasteiger partial charge on any atom is -0.493 e. The monoisotopic (exact) mass is 384 g/mol. The number of rotatable bonds is 6. The summed E-state index contributed by atoms with van der Waals surface area (Å²) in [5.74, 6) is 2.15. The normalized spacial score (nSPS) is 11.0. The Hall–Kier alpha value is -2.58. The Balaban J connectivity index is 1.51. The first-order valence-electron chi connectivity index (χ1n) is 7.88. The molecule has 0 spiro atoms. The molecule has 0 amide bonds. The molecule has 1 aromatic carbocycles. The summed E-state index contributed by atoms with van der Waals surface area (Å²) < 4.78 is 12.6. The fourth-order valence-corrected chi connectivity index (χ4v) is 4.27. The predicted octanol–water partition coefficient (Wildman–Crippen LogP) is 4.16. The van der Waals surface area contributed by atoms with Gasteiger partial charge in [0.05, 0.1) is 19.9 Å². The number of hydrogen-bond acceptors (Lipinski definition) is 7. The second kappa shape index (κ2) is 7.35. The second-order valence-electron chi connectivity index (χ2n) is 5.41. The van der Waals surface area contributed by atoms with Crippen LogP contribution in [0.3, 0.4) is 0 Å². The molecule has 0 aliphatic rings. The van der Waals surface area contributed by atoms with Crippen LogP contribution in [-0.2, 0) is 5.75 Å². The molecule has 8 heteroatoms. The quantitative estimate of drug-likeness (QED) is 0.465. The first-order chi connectivity index (χ1) is 12.8. The number of benzene rings is 1. The highest BCUT2D eigenvalue weighted by atomic mass is 32.2. The number of nitrogens with zero attached hydrogens (tertiary/aromatic N) is 4. The smallest absolute Gasteiger partial charge is 0.195 e. The molecule has 26 heavy (non-hydrogen) atoms. The summed E-state index contributed by atoms with van der Waals surface area (Å²) in [6.45, 7) is 0. The van der Waals surface area contributed by atoms with Crippen molar-refractivity contribution < 1.29 is 9.47 Å². The van der Waals surface area contributed by atoms with Crippen molar-refractivity contribution >= 4 is 28.7 Å². The lowest BCUT2D eigenvalue weighted by Crippen LogP contribution is -1.91. The molecule has 3 heterocycles. The number of aromatic nitrogens is 4. The highest BCUT2D eigenvalue weighted by Gasteiger charge is 2.11. The third-order valence-corrected chi connectivity index (χ3v) is 5.73. The zero-order valence-electron chi connectivity index (χ0n) is 14.2. The maximum Gasteiger partial charge on any atom is 0.195 e. The molecule has 4 aromatic rings. The molecule has 0 radical (unpaired) electrons. The standard InChI is InChI=1S/C18H16N4O2S2/c1-23-14-7-6-12(9-15(14)24-2)17-19-13(10-25-17)11-26-18-21-20-16-5-3-4-8-22(16)18/h3-10H,11H2,1-2H3. The summed E-state index contributed by atoms with van der Waals surface area (Å²) >= 11 is 3.23. The van der Waals surface area contributed by atoms with Crippen molar-refractivity contribution in [3.8, 4) is 22.1 Å². The number of thiazole rings is 1. The van der Waals surface area contributed by atoms with Gasteiger partial charge in [-0.05, 0) is 30.3 Å². The Bertz CT molecular complexity index is 1040. The number of ether oxygens (including phenoxy) is 2. The third-order valence-electron chi connectivity index (χ3n) is 3.81. The van der Waals surface area contributed by atoms with Crippen LogP contribution in [0.25, 0.3) is 16.2 Å². The van der Waals surface area contributed by atoms with Gasteiger partial charge in [-0.1, -0.05) is 17.8 Å². The van der Waals surface area contributed by atoms with Crippen molar-refractivity contribution in [2.45, 2.75) is 10.9 Å². The minimum atomic E-state index is 0.700. The summed E-state index contributed by atoms with van der Waals surface area (Å²) in [5.41, 5.74) is 2.87. The maximum atomic E-state index is 5.37. The zero-order chi connectivity index (χ0) is 17.9. The van der Waals surface area contributed by atoms with E-state index in [1.165, 1.54) is 0 Å². The lowest BCUT2D eigenvalue weighted by atomic mass is 10.2. The van der Waals surface area contributed by atoms with Gasteiger partial charge >= 0.3 is 0 Å². The third kappa shape index (κ3) is 3.25. The van der Waals surface area contributed by atoms with Gasteiger partial charge in [-0.2, -0.15) is 0 Å². The van der Waals surface area contributed by atoms with E-state index in [1.807, 2.05) is 47.0 Å². The summed E-state index contributed by atoms with van der Waals surface area (Å²) in [6, 6.07) is 11.7. The van der Waals surface area contributed by atoms with Crippen LogP contribution in [0.2, 0.25) is 0 Å². The number of fused-ring (bicyclic) bond motifs is 1. The molecule has 0 fully saturated rings. The SMILES string of the molecule is COc1ccc(-c2nc(CSc3nnc4ccccn34)cs2)cc1OC. The number of thioether (sulfide) groups is 1. The van der Waals surface area contributed by atoms with Gasteiger partial charge in [0, 0.05) is 22.9 Å². The molecule has 3 aromatic heterocycles. The van der Waals surface area contributed by atoms with E-state index < -0.39 is 0 Å². The number of hydrogen-bond donors (Lipinski definition) is 0. The lowest BCUT2D eigenvalue weighted by molar-refractivity contribution is 0.355. The molecule has 0 aliphatic carbocycles. The van der Waals surface area contributed by atoms with Gasteiger partial charge < -0.3 is 9.47 Å². The maximum absolute atomic E-state index is 5.37. The number of methoxy groups -OCH3 is 2. The van der Waals surface area contributed by atoms with E-state index in [9.17, 15) is 0 Å². The van der Waals surface area contributed by atoms with Gasteiger partial charge in [-0.15, -0.1) is 21.5 Å². The Morgan fingerprint density at radius 2 is 1.96 bits per heavy atom. The van der Waals surface area contributed by atoms with E-state index in [-0.39, 0.29) is 0 Å². The van der Waals surface area contributed by atoms with E-state index in [0.717, 1.165) is 32.8 Å². The topological polar surface area (TPSA) is 61.5 Å². The Morgan fingerprint density at radius 1 is 1.08 bits per heavy atom. The van der Waals surface area contributed by atoms with Crippen LogP contribution >= 0.6 is 23.1 Å². The molecule has 0 unspecified atom stereocenters. The average molecular weight is 384 g/mol. The van der Waals surface area contributed by atoms with E-state index >= 15 is 0 Å². The highest BCUT2D eigenvalue weighted by molar-refractivity contribution is 7.98. The molecular formula is C18H16N4O2S2. The molecule has 0 N–H and O–H groups in total. The minimum absolute atomic E-state index is 0.700. The van der Waals surface area contributed by atoms with Crippen LogP contribution < -0.4 is 9.47 Å². The van der Waals surface area contributed by atoms with Crippen molar-refractivity contribution in [1.29, 1.82) is 0 Å². The first kappa shape index (κ1) is 16.9. The van der Waals surface area contributed by atoms with E-state index in [2.05, 4.69) is 15.6 Å². The summed E-state index contributed by atoms with van der Waals surface area (Å²) in [5, 5.41) is 12.3. The summed E-state index contributed by atoms with van der Waals surface area (Å²) in [7, 11) is 3.26. The van der Waals surface area contributed by atoms with E-state index in [4.69, 9.17) is 14.5 Å². The molecule has 0 saturated carbocycles. The van der Waals surface area contributed by atoms with Crippen LogP contribution in [-0.4, -0.2) is 33.8 Å². The zero-order valence-corrected chi connectivity index (χ0v) is 15.9. The second-order valence-corrected chi connectivity index (χ2v) is 7.21. The molecule has 0 saturated heterocycles. The molecular weight excluding hydrogens is 368 g/mol. The van der Waals surface area contributed by atoms with Gasteiger partial charge in [0.1, 0.15) is 5.01 Å². The van der Waals surface area contributed by atoms with Crippen molar-refractivity contribution in [3.05, 3.63) is 53.7 Å². The average Bonchev–Trinajstić information content (AvgIpc) is 3.33. The fourth-order valence-electron chi connectivity index (χ4n) is 2.53. The van der Waals surface area contributed by atoms with Gasteiger partial charge in [0.2, 0.25) is 0 Å². The van der Waals surface area contributed by atoms with Crippen LogP contribution in [0.4, 0.5) is 0 Å². The molecule has 0 atom stereocenters. The van der Waals surface area contributed by atoms with E-state index in [0.29, 0.717) is 11.5 Å². The highest BCUT2D eigenvalue weighted by Crippen LogP contribution is 2.34. The van der Waals surface area contributed by atoms with Gasteiger partial charge in [-0.25, -0.2) is 4.98 Å². The fraction of sp³-hybridized carbons (Fsp3) is 0.167. The van der Waals surface area contributed by atoms with Gasteiger partial charge in [0.15, 0.2) is 22.3 Å². The lowest BCUT2D eigenvalue weighted by Gasteiger charge is -2.08. The molecule has 132 valence electrons.